The van der Waals surface area contributed by atoms with Gasteiger partial charge in [-0.1, -0.05) is 33.8 Å². The highest BCUT2D eigenvalue weighted by Gasteiger charge is 2.08. The maximum Gasteiger partial charge on any atom is 0.0435 e. The second kappa shape index (κ2) is 7.78. The first kappa shape index (κ1) is 12.2. The lowest BCUT2D eigenvalue weighted by atomic mass is 10.2. The third-order valence-corrected chi connectivity index (χ3v) is 1.84. The zero-order chi connectivity index (χ0) is 10.1. The molecular formula is C12H21N. The summed E-state index contributed by atoms with van der Waals surface area (Å²) in [5.74, 6) is 0. The summed E-state index contributed by atoms with van der Waals surface area (Å²) in [6, 6.07) is 4.19. The number of aromatic nitrogens is 1. The van der Waals surface area contributed by atoms with Crippen molar-refractivity contribution >= 4 is 0 Å². The molecule has 74 valence electrons. The molecule has 1 heteroatoms. The van der Waals surface area contributed by atoms with Gasteiger partial charge in [-0.05, 0) is 30.9 Å². The summed E-state index contributed by atoms with van der Waals surface area (Å²) in [6.07, 6.45) is 5.61. The van der Waals surface area contributed by atoms with Crippen molar-refractivity contribution < 1.29 is 0 Å². The number of nitrogens with zero attached hydrogens (tertiary/aromatic N) is 1. The minimum Gasteiger partial charge on any atom is -0.261 e. The van der Waals surface area contributed by atoms with Crippen molar-refractivity contribution in [2.75, 3.05) is 0 Å². The quantitative estimate of drug-likeness (QED) is 0.592. The van der Waals surface area contributed by atoms with Gasteiger partial charge in [0, 0.05) is 11.9 Å². The summed E-state index contributed by atoms with van der Waals surface area (Å²) in [4.78, 5) is 4.26. The Morgan fingerprint density at radius 2 is 1.77 bits per heavy atom. The van der Waals surface area contributed by atoms with Gasteiger partial charge in [0.25, 0.3) is 0 Å². The molecule has 0 N–H and O–H groups in total. The van der Waals surface area contributed by atoms with Crippen LogP contribution in [0.3, 0.4) is 0 Å². The van der Waals surface area contributed by atoms with Crippen LogP contribution >= 0.6 is 0 Å². The fraction of sp³-hybridized carbons (Fsp3) is 0.583. The molecule has 1 aliphatic rings. The first-order valence-corrected chi connectivity index (χ1v) is 5.39. The van der Waals surface area contributed by atoms with Crippen LogP contribution in [0.5, 0.6) is 0 Å². The minimum absolute atomic E-state index is 1.19. The van der Waals surface area contributed by atoms with Crippen LogP contribution in [0.25, 0.3) is 0 Å². The number of rotatable bonds is 0. The molecule has 1 nitrogen and oxygen atoms in total. The molecule has 0 spiro atoms. The van der Waals surface area contributed by atoms with Crippen molar-refractivity contribution in [1.29, 1.82) is 0 Å². The first-order chi connectivity index (χ1) is 6.47. The van der Waals surface area contributed by atoms with E-state index in [4.69, 9.17) is 0 Å². The number of aryl methyl sites for hydroxylation is 2. The molecule has 0 atom stereocenters. The van der Waals surface area contributed by atoms with E-state index >= 15 is 0 Å². The monoisotopic (exact) mass is 179 g/mol. The van der Waals surface area contributed by atoms with E-state index in [0.29, 0.717) is 0 Å². The van der Waals surface area contributed by atoms with E-state index in [9.17, 15) is 0 Å². The zero-order valence-corrected chi connectivity index (χ0v) is 9.30. The highest BCUT2D eigenvalue weighted by atomic mass is 14.7. The fourth-order valence-electron chi connectivity index (χ4n) is 1.37. The third-order valence-electron chi connectivity index (χ3n) is 1.84. The van der Waals surface area contributed by atoms with Crippen LogP contribution in [0.1, 0.15) is 45.4 Å². The Kier molecular flexibility index (Phi) is 7.27. The molecule has 0 saturated heterocycles. The normalized spacial score (nSPS) is 11.7. The van der Waals surface area contributed by atoms with Crippen LogP contribution in [0.15, 0.2) is 18.3 Å². The lowest BCUT2D eigenvalue weighted by molar-refractivity contribution is 0.899. The average molecular weight is 179 g/mol. The molecule has 1 heterocycles. The molecule has 2 rings (SSSR count). The summed E-state index contributed by atoms with van der Waals surface area (Å²) < 4.78 is 0. The van der Waals surface area contributed by atoms with Crippen molar-refractivity contribution in [1.82, 2.24) is 4.98 Å². The molecule has 13 heavy (non-hydrogen) atoms. The molecule has 0 amide bonds. The summed E-state index contributed by atoms with van der Waals surface area (Å²) in [7, 11) is 0. The average Bonchev–Trinajstić information content (AvgIpc) is 2.71. The minimum atomic E-state index is 1.19. The van der Waals surface area contributed by atoms with Gasteiger partial charge in [-0.25, -0.2) is 0 Å². The van der Waals surface area contributed by atoms with E-state index in [1.165, 1.54) is 30.5 Å². The Morgan fingerprint density at radius 1 is 1.08 bits per heavy atom. The number of fused-ring (bicyclic) bond motifs is 1. The van der Waals surface area contributed by atoms with Gasteiger partial charge in [-0.2, -0.15) is 0 Å². The summed E-state index contributed by atoms with van der Waals surface area (Å²) in [6.45, 7) is 8.00. The molecule has 1 aliphatic carbocycles. The largest absolute Gasteiger partial charge is 0.261 e. The van der Waals surface area contributed by atoms with Gasteiger partial charge >= 0.3 is 0 Å². The van der Waals surface area contributed by atoms with Gasteiger partial charge in [0.15, 0.2) is 0 Å². The second-order valence-corrected chi connectivity index (χ2v) is 2.46. The predicted molar refractivity (Wildman–Crippen MR) is 59.0 cm³/mol. The molecule has 0 fully saturated rings. The van der Waals surface area contributed by atoms with Crippen LogP contribution < -0.4 is 0 Å². The van der Waals surface area contributed by atoms with Gasteiger partial charge in [-0.3, -0.25) is 4.98 Å². The van der Waals surface area contributed by atoms with Crippen molar-refractivity contribution in [3.8, 4) is 0 Å². The Labute approximate surface area is 82.2 Å². The topological polar surface area (TPSA) is 12.9 Å². The van der Waals surface area contributed by atoms with Gasteiger partial charge in [-0.15, -0.1) is 0 Å². The Bertz CT molecular complexity index is 195. The maximum atomic E-state index is 4.26. The molecule has 0 bridgehead atoms. The molecule has 0 saturated carbocycles. The maximum absolute atomic E-state index is 4.26. The number of hydrogen-bond donors (Lipinski definition) is 0. The molecule has 0 radical (unpaired) electrons. The Balaban J connectivity index is 0.000000322. The molecule has 1 aromatic heterocycles. The van der Waals surface area contributed by atoms with E-state index < -0.39 is 0 Å². The van der Waals surface area contributed by atoms with E-state index in [1.807, 2.05) is 40.0 Å². The van der Waals surface area contributed by atoms with Gasteiger partial charge in [0.2, 0.25) is 0 Å². The molecule has 1 aromatic rings. The van der Waals surface area contributed by atoms with Crippen molar-refractivity contribution in [3.63, 3.8) is 0 Å². The van der Waals surface area contributed by atoms with Crippen LogP contribution in [-0.4, -0.2) is 4.98 Å². The standard InChI is InChI=1S/C8H9N.2C2H6/c1-3-7-4-2-6-9-8(7)5-1;2*1-2/h2,4,6H,1,3,5H2;2*1-2H3. The van der Waals surface area contributed by atoms with Crippen molar-refractivity contribution in [2.24, 2.45) is 0 Å². The first-order valence-electron chi connectivity index (χ1n) is 5.39. The van der Waals surface area contributed by atoms with Gasteiger partial charge in [0.05, 0.1) is 0 Å². The number of hydrogen-bond acceptors (Lipinski definition) is 1. The van der Waals surface area contributed by atoms with Crippen LogP contribution in [0, 0.1) is 0 Å². The van der Waals surface area contributed by atoms with E-state index in [2.05, 4.69) is 11.1 Å². The number of pyridine rings is 1. The fourth-order valence-corrected chi connectivity index (χ4v) is 1.37. The summed E-state index contributed by atoms with van der Waals surface area (Å²) >= 11 is 0. The predicted octanol–water partition coefficient (Wildman–Crippen LogP) is 3.62. The molecular weight excluding hydrogens is 158 g/mol. The van der Waals surface area contributed by atoms with Crippen molar-refractivity contribution in [3.05, 3.63) is 29.6 Å². The Hall–Kier alpha value is -0.850. The van der Waals surface area contributed by atoms with Crippen LogP contribution in [0.4, 0.5) is 0 Å². The van der Waals surface area contributed by atoms with Crippen LogP contribution in [-0.2, 0) is 12.8 Å². The van der Waals surface area contributed by atoms with E-state index in [-0.39, 0.29) is 0 Å². The molecule has 0 aliphatic heterocycles. The highest BCUT2D eigenvalue weighted by Crippen LogP contribution is 2.17. The van der Waals surface area contributed by atoms with Gasteiger partial charge in [0.1, 0.15) is 0 Å². The summed E-state index contributed by atoms with van der Waals surface area (Å²) in [5.41, 5.74) is 2.77. The zero-order valence-electron chi connectivity index (χ0n) is 9.30. The Morgan fingerprint density at radius 3 is 2.38 bits per heavy atom. The third kappa shape index (κ3) is 3.58. The summed E-state index contributed by atoms with van der Waals surface area (Å²) in [5, 5.41) is 0. The molecule has 0 unspecified atom stereocenters. The van der Waals surface area contributed by atoms with Gasteiger partial charge < -0.3 is 0 Å². The SMILES string of the molecule is CC.CC.c1cnc2c(c1)CCC2. The second-order valence-electron chi connectivity index (χ2n) is 2.46. The lowest BCUT2D eigenvalue weighted by Gasteiger charge is -1.92. The van der Waals surface area contributed by atoms with Crippen LogP contribution in [0.2, 0.25) is 0 Å². The smallest absolute Gasteiger partial charge is 0.0435 e. The lowest BCUT2D eigenvalue weighted by Crippen LogP contribution is -1.83. The highest BCUT2D eigenvalue weighted by molar-refractivity contribution is 5.23. The van der Waals surface area contributed by atoms with Crippen molar-refractivity contribution in [2.45, 2.75) is 47.0 Å². The molecule has 0 aromatic carbocycles. The van der Waals surface area contributed by atoms with E-state index in [1.54, 1.807) is 0 Å². The van der Waals surface area contributed by atoms with E-state index in [0.717, 1.165) is 0 Å².